The average Bonchev–Trinajstić information content (AvgIpc) is 3.02. The van der Waals surface area contributed by atoms with Gasteiger partial charge in [0.25, 0.3) is 0 Å². The van der Waals surface area contributed by atoms with E-state index in [1.807, 2.05) is 5.48 Å². The Morgan fingerprint density at radius 3 is 2.92 bits per heavy atom. The number of hydroxylamine groups is 1. The fourth-order valence-corrected chi connectivity index (χ4v) is 3.34. The third-order valence-electron chi connectivity index (χ3n) is 3.67. The van der Waals surface area contributed by atoms with Gasteiger partial charge in [0.05, 0.1) is 10.2 Å². The maximum Gasteiger partial charge on any atom is 0.234 e. The van der Waals surface area contributed by atoms with E-state index in [2.05, 4.69) is 41.2 Å². The minimum Gasteiger partial charge on any atom is -0.365 e. The molecule has 2 heterocycles. The van der Waals surface area contributed by atoms with Gasteiger partial charge in [-0.05, 0) is 44.4 Å². The molecule has 0 bridgehead atoms. The van der Waals surface area contributed by atoms with Crippen molar-refractivity contribution in [2.75, 3.05) is 25.0 Å². The normalized spacial score (nSPS) is 17.0. The van der Waals surface area contributed by atoms with Gasteiger partial charge in [0.15, 0.2) is 11.5 Å². The molecule has 0 radical (unpaired) electrons. The fraction of sp³-hybridized carbons (Fsp3) is 0.308. The Morgan fingerprint density at radius 2 is 2.27 bits per heavy atom. The van der Waals surface area contributed by atoms with Crippen molar-refractivity contribution >= 4 is 44.5 Å². The Morgan fingerprint density at radius 1 is 1.50 bits per heavy atom. The molecular formula is C13H14BrFN6O4S. The van der Waals surface area contributed by atoms with E-state index in [1.54, 1.807) is 0 Å². The zero-order valence-corrected chi connectivity index (χ0v) is 15.5. The molecule has 1 aromatic carbocycles. The molecule has 4 N–H and O–H groups in total. The molecule has 26 heavy (non-hydrogen) atoms. The van der Waals surface area contributed by atoms with Gasteiger partial charge in [0.2, 0.25) is 17.1 Å². The van der Waals surface area contributed by atoms with Crippen molar-refractivity contribution in [2.45, 2.75) is 0 Å². The summed E-state index contributed by atoms with van der Waals surface area (Å²) >= 11 is 1.10. The summed E-state index contributed by atoms with van der Waals surface area (Å²) in [6, 6.07) is 4.09. The number of nitrogens with zero attached hydrogens (tertiary/aromatic N) is 4. The van der Waals surface area contributed by atoms with Crippen molar-refractivity contribution in [1.29, 1.82) is 0 Å². The van der Waals surface area contributed by atoms with Gasteiger partial charge in [0, 0.05) is 25.6 Å². The van der Waals surface area contributed by atoms with Gasteiger partial charge in [-0.3, -0.25) is 15.2 Å². The number of aromatic nitrogens is 2. The van der Waals surface area contributed by atoms with Crippen LogP contribution < -0.4 is 10.8 Å². The highest BCUT2D eigenvalue weighted by Gasteiger charge is 2.30. The number of nitrogens with one attached hydrogen (secondary N) is 2. The predicted molar refractivity (Wildman–Crippen MR) is 93.8 cm³/mol. The van der Waals surface area contributed by atoms with Gasteiger partial charge in [-0.15, -0.1) is 0 Å². The minimum absolute atomic E-state index is 0.0426. The third-order valence-corrected chi connectivity index (χ3v) is 5.01. The van der Waals surface area contributed by atoms with Crippen molar-refractivity contribution < 1.29 is 23.0 Å². The molecule has 1 saturated heterocycles. The summed E-state index contributed by atoms with van der Waals surface area (Å²) in [4.78, 5) is 4.15. The van der Waals surface area contributed by atoms with E-state index in [0.717, 1.165) is 0 Å². The van der Waals surface area contributed by atoms with E-state index < -0.39 is 17.1 Å². The van der Waals surface area contributed by atoms with Crippen molar-refractivity contribution in [3.8, 4) is 0 Å². The molecule has 13 heteroatoms. The van der Waals surface area contributed by atoms with Crippen LogP contribution in [0.2, 0.25) is 0 Å². The van der Waals surface area contributed by atoms with Crippen LogP contribution in [-0.2, 0) is 11.3 Å². The molecule has 2 aromatic rings. The largest absolute Gasteiger partial charge is 0.365 e. The first kappa shape index (κ1) is 18.8. The number of rotatable bonds is 6. The molecule has 1 atom stereocenters. The molecule has 1 aromatic heterocycles. The lowest BCUT2D eigenvalue weighted by molar-refractivity contribution is 0.207. The van der Waals surface area contributed by atoms with Crippen molar-refractivity contribution in [2.24, 2.45) is 10.9 Å². The summed E-state index contributed by atoms with van der Waals surface area (Å²) in [5.74, 6) is -0.0774. The van der Waals surface area contributed by atoms with Crippen LogP contribution in [0.15, 0.2) is 32.3 Å². The van der Waals surface area contributed by atoms with Crippen LogP contribution in [0.1, 0.15) is 5.69 Å². The Kier molecular flexibility index (Phi) is 5.93. The lowest BCUT2D eigenvalue weighted by Gasteiger charge is -2.35. The molecule has 3 rings (SSSR count). The Bertz CT molecular complexity index is 844. The number of halogens is 2. The number of hydrogen-bond donors (Lipinski definition) is 4. The SMILES string of the molecule is O=S(O)N1CC(CNc2nonc2C(=Nc2ccc(F)c(Br)c2)NO)C1. The number of benzene rings is 1. The summed E-state index contributed by atoms with van der Waals surface area (Å²) in [7, 11) is 0. The van der Waals surface area contributed by atoms with Crippen molar-refractivity contribution in [3.63, 3.8) is 0 Å². The van der Waals surface area contributed by atoms with Gasteiger partial charge in [-0.2, -0.15) is 0 Å². The van der Waals surface area contributed by atoms with Crippen LogP contribution in [0.5, 0.6) is 0 Å². The van der Waals surface area contributed by atoms with Gasteiger partial charge in [-0.1, -0.05) is 0 Å². The highest BCUT2D eigenvalue weighted by Crippen LogP contribution is 2.23. The summed E-state index contributed by atoms with van der Waals surface area (Å²) in [5, 5.41) is 19.8. The third kappa shape index (κ3) is 4.24. The summed E-state index contributed by atoms with van der Waals surface area (Å²) in [6.45, 7) is 1.41. The fourth-order valence-electron chi connectivity index (χ4n) is 2.29. The number of anilines is 1. The highest BCUT2D eigenvalue weighted by molar-refractivity contribution is 9.10. The number of amidine groups is 1. The monoisotopic (exact) mass is 448 g/mol. The van der Waals surface area contributed by atoms with Gasteiger partial charge >= 0.3 is 0 Å². The molecule has 0 amide bonds. The van der Waals surface area contributed by atoms with Crippen LogP contribution in [0.3, 0.4) is 0 Å². The molecule has 1 aliphatic rings. The maximum absolute atomic E-state index is 13.3. The van der Waals surface area contributed by atoms with E-state index in [0.29, 0.717) is 25.3 Å². The zero-order valence-electron chi connectivity index (χ0n) is 13.1. The topological polar surface area (TPSA) is 136 Å². The standard InChI is InChI=1S/C13H14BrFN6O4S/c14-9-3-8(1-2-10(9)15)17-13(18-22)11-12(20-25-19-11)16-4-7-5-21(6-7)26(23)24/h1-3,7,22H,4-6H2,(H,16,20)(H,17,18)(H,23,24). The van der Waals surface area contributed by atoms with E-state index >= 15 is 0 Å². The van der Waals surface area contributed by atoms with E-state index in [4.69, 9.17) is 4.55 Å². The summed E-state index contributed by atoms with van der Waals surface area (Å²) < 4.78 is 39.4. The van der Waals surface area contributed by atoms with Gasteiger partial charge in [-0.25, -0.2) is 22.5 Å². The van der Waals surface area contributed by atoms with Gasteiger partial charge in [0.1, 0.15) is 5.82 Å². The number of hydrogen-bond acceptors (Lipinski definition) is 7. The molecule has 0 spiro atoms. The Balaban J connectivity index is 1.70. The second kappa shape index (κ2) is 8.18. The van der Waals surface area contributed by atoms with Crippen molar-refractivity contribution in [1.82, 2.24) is 20.1 Å². The highest BCUT2D eigenvalue weighted by atomic mass is 79.9. The Labute approximate surface area is 157 Å². The van der Waals surface area contributed by atoms with Crippen LogP contribution in [-0.4, -0.2) is 54.1 Å². The quantitative estimate of drug-likeness (QED) is 0.226. The first-order valence-electron chi connectivity index (χ1n) is 7.34. The minimum atomic E-state index is -1.96. The predicted octanol–water partition coefficient (Wildman–Crippen LogP) is 1.51. The van der Waals surface area contributed by atoms with E-state index in [9.17, 15) is 13.8 Å². The maximum atomic E-state index is 13.3. The van der Waals surface area contributed by atoms with Crippen molar-refractivity contribution in [3.05, 3.63) is 34.2 Å². The second-order valence-corrected chi connectivity index (χ2v) is 7.29. The first-order chi connectivity index (χ1) is 12.5. The lowest BCUT2D eigenvalue weighted by Crippen LogP contribution is -2.49. The van der Waals surface area contributed by atoms with Crippen LogP contribution in [0.25, 0.3) is 0 Å². The first-order valence-corrected chi connectivity index (χ1v) is 9.20. The van der Waals surface area contributed by atoms with E-state index in [-0.39, 0.29) is 27.7 Å². The van der Waals surface area contributed by atoms with Crippen LogP contribution >= 0.6 is 15.9 Å². The van der Waals surface area contributed by atoms with Crippen LogP contribution in [0.4, 0.5) is 15.9 Å². The second-order valence-electron chi connectivity index (χ2n) is 5.46. The Hall–Kier alpha value is -1.93. The molecular weight excluding hydrogens is 435 g/mol. The molecule has 0 aliphatic carbocycles. The molecule has 1 aliphatic heterocycles. The molecule has 140 valence electrons. The number of aliphatic imine (C=N–C) groups is 1. The summed E-state index contributed by atoms with van der Waals surface area (Å²) in [5.41, 5.74) is 2.42. The molecule has 1 unspecified atom stereocenters. The summed E-state index contributed by atoms with van der Waals surface area (Å²) in [6.07, 6.45) is 0. The lowest BCUT2D eigenvalue weighted by atomic mass is 10.0. The van der Waals surface area contributed by atoms with E-state index in [1.165, 1.54) is 22.5 Å². The molecule has 1 fully saturated rings. The zero-order chi connectivity index (χ0) is 18.7. The average molecular weight is 449 g/mol. The molecule has 10 nitrogen and oxygen atoms in total. The van der Waals surface area contributed by atoms with Crippen LogP contribution in [0, 0.1) is 11.7 Å². The molecule has 0 saturated carbocycles. The van der Waals surface area contributed by atoms with Gasteiger partial charge < -0.3 is 5.32 Å². The smallest absolute Gasteiger partial charge is 0.234 e.